The van der Waals surface area contributed by atoms with E-state index in [1.54, 1.807) is 49.4 Å². The molecule has 0 heterocycles. The van der Waals surface area contributed by atoms with Crippen LogP contribution in [0, 0.1) is 6.92 Å². The van der Waals surface area contributed by atoms with Gasteiger partial charge in [-0.25, -0.2) is 8.42 Å². The molecule has 0 saturated heterocycles. The maximum absolute atomic E-state index is 12.9. The van der Waals surface area contributed by atoms with Gasteiger partial charge in [-0.15, -0.1) is 0 Å². The van der Waals surface area contributed by atoms with Crippen LogP contribution in [0.1, 0.15) is 26.3 Å². The number of halogens is 1. The van der Waals surface area contributed by atoms with Crippen molar-refractivity contribution < 1.29 is 22.7 Å². The second-order valence-electron chi connectivity index (χ2n) is 6.67. The molecule has 3 aromatic rings. The molecule has 3 N–H and O–H groups in total. The van der Waals surface area contributed by atoms with E-state index in [0.717, 1.165) is 11.6 Å². The third kappa shape index (κ3) is 5.19. The van der Waals surface area contributed by atoms with Gasteiger partial charge in [0.2, 0.25) is 0 Å². The first-order valence-electron chi connectivity index (χ1n) is 9.34. The molecule has 8 nitrogen and oxygen atoms in total. The van der Waals surface area contributed by atoms with Crippen molar-refractivity contribution in [3.8, 4) is 5.75 Å². The van der Waals surface area contributed by atoms with Crippen LogP contribution in [-0.4, -0.2) is 27.3 Å². The van der Waals surface area contributed by atoms with Crippen molar-refractivity contribution in [3.05, 3.63) is 88.4 Å². The average Bonchev–Trinajstić information content (AvgIpc) is 2.77. The van der Waals surface area contributed by atoms with Gasteiger partial charge in [-0.3, -0.25) is 25.2 Å². The highest BCUT2D eigenvalue weighted by Gasteiger charge is 2.22. The number of carbonyl (C=O) groups excluding carboxylic acids is 2. The minimum absolute atomic E-state index is 0.0140. The van der Waals surface area contributed by atoms with E-state index in [1.807, 2.05) is 0 Å². The van der Waals surface area contributed by atoms with E-state index in [4.69, 9.17) is 16.3 Å². The topological polar surface area (TPSA) is 114 Å². The summed E-state index contributed by atoms with van der Waals surface area (Å²) in [5.41, 5.74) is 5.92. The molecule has 0 bridgehead atoms. The Labute approximate surface area is 190 Å². The zero-order chi connectivity index (χ0) is 23.3. The maximum Gasteiger partial charge on any atom is 0.269 e. The van der Waals surface area contributed by atoms with Gasteiger partial charge in [-0.05, 0) is 48.9 Å². The van der Waals surface area contributed by atoms with Crippen LogP contribution < -0.4 is 20.3 Å². The number of rotatable bonds is 6. The Morgan fingerprint density at radius 3 is 2.28 bits per heavy atom. The number of methoxy groups -OCH3 is 1. The van der Waals surface area contributed by atoms with Gasteiger partial charge >= 0.3 is 0 Å². The molecule has 3 rings (SSSR count). The second kappa shape index (κ2) is 9.71. The fourth-order valence-corrected chi connectivity index (χ4v) is 4.46. The number of nitrogens with one attached hydrogen (secondary N) is 3. The number of carbonyl (C=O) groups is 2. The number of ether oxygens (including phenoxy) is 1. The molecule has 10 heteroatoms. The lowest BCUT2D eigenvalue weighted by molar-refractivity contribution is 0.0846. The summed E-state index contributed by atoms with van der Waals surface area (Å²) in [5, 5.41) is -0.0760. The fourth-order valence-electron chi connectivity index (χ4n) is 2.86. The molecular formula is C22H20ClN3O5S. The van der Waals surface area contributed by atoms with Crippen molar-refractivity contribution in [3.63, 3.8) is 0 Å². The zero-order valence-electron chi connectivity index (χ0n) is 17.2. The molecule has 0 aliphatic heterocycles. The lowest BCUT2D eigenvalue weighted by atomic mass is 10.1. The Bertz CT molecular complexity index is 1280. The molecule has 0 atom stereocenters. The first-order chi connectivity index (χ1) is 15.2. The number of hydrogen-bond donors (Lipinski definition) is 3. The summed E-state index contributed by atoms with van der Waals surface area (Å²) in [4.78, 5) is 24.5. The normalized spacial score (nSPS) is 10.8. The van der Waals surface area contributed by atoms with E-state index in [1.165, 1.54) is 25.3 Å². The van der Waals surface area contributed by atoms with Crippen molar-refractivity contribution in [2.24, 2.45) is 0 Å². The Balaban J connectivity index is 1.79. The van der Waals surface area contributed by atoms with E-state index >= 15 is 0 Å². The Morgan fingerprint density at radius 1 is 0.906 bits per heavy atom. The first-order valence-corrected chi connectivity index (χ1v) is 11.2. The number of amides is 2. The van der Waals surface area contributed by atoms with E-state index in [9.17, 15) is 18.0 Å². The second-order valence-corrected chi connectivity index (χ2v) is 8.73. The van der Waals surface area contributed by atoms with Gasteiger partial charge in [0.15, 0.2) is 0 Å². The number of anilines is 1. The lowest BCUT2D eigenvalue weighted by Crippen LogP contribution is -2.41. The molecule has 0 saturated carbocycles. The SMILES string of the molecule is COc1ccccc1NS(=O)(=O)c1cc(C(=O)NNC(=O)c2ccccc2C)ccc1Cl. The molecule has 0 aromatic heterocycles. The molecule has 0 aliphatic rings. The van der Waals surface area contributed by atoms with Crippen LogP contribution in [0.5, 0.6) is 5.75 Å². The highest BCUT2D eigenvalue weighted by molar-refractivity contribution is 7.92. The minimum atomic E-state index is -4.14. The van der Waals surface area contributed by atoms with Crippen molar-refractivity contribution >= 4 is 39.1 Å². The van der Waals surface area contributed by atoms with Gasteiger partial charge in [-0.1, -0.05) is 41.9 Å². The average molecular weight is 474 g/mol. The summed E-state index contributed by atoms with van der Waals surface area (Å²) in [6.45, 7) is 1.77. The van der Waals surface area contributed by atoms with E-state index in [2.05, 4.69) is 15.6 Å². The van der Waals surface area contributed by atoms with Gasteiger partial charge in [0, 0.05) is 11.1 Å². The van der Waals surface area contributed by atoms with Crippen molar-refractivity contribution in [2.45, 2.75) is 11.8 Å². The molecular weight excluding hydrogens is 454 g/mol. The van der Waals surface area contributed by atoms with Crippen molar-refractivity contribution in [1.29, 1.82) is 0 Å². The minimum Gasteiger partial charge on any atom is -0.495 e. The van der Waals surface area contributed by atoms with Crippen LogP contribution in [0.3, 0.4) is 0 Å². The van der Waals surface area contributed by atoms with Crippen LogP contribution >= 0.6 is 11.6 Å². The predicted molar refractivity (Wildman–Crippen MR) is 121 cm³/mol. The summed E-state index contributed by atoms with van der Waals surface area (Å²) < 4.78 is 33.4. The summed E-state index contributed by atoms with van der Waals surface area (Å²) in [6, 6.07) is 17.1. The van der Waals surface area contributed by atoms with Gasteiger partial charge in [-0.2, -0.15) is 0 Å². The largest absolute Gasteiger partial charge is 0.495 e. The molecule has 0 aliphatic carbocycles. The zero-order valence-corrected chi connectivity index (χ0v) is 18.8. The summed E-state index contributed by atoms with van der Waals surface area (Å²) in [6.07, 6.45) is 0. The number of aryl methyl sites for hydroxylation is 1. The van der Waals surface area contributed by atoms with E-state index in [0.29, 0.717) is 11.3 Å². The summed E-state index contributed by atoms with van der Waals surface area (Å²) in [5.74, 6) is -0.895. The highest BCUT2D eigenvalue weighted by atomic mass is 35.5. The number of benzene rings is 3. The van der Waals surface area contributed by atoms with Crippen LogP contribution in [0.2, 0.25) is 5.02 Å². The molecule has 0 unspecified atom stereocenters. The Kier molecular flexibility index (Phi) is 7.01. The van der Waals surface area contributed by atoms with Gasteiger partial charge in [0.1, 0.15) is 10.6 Å². The highest BCUT2D eigenvalue weighted by Crippen LogP contribution is 2.29. The molecule has 0 fully saturated rings. The summed E-state index contributed by atoms with van der Waals surface area (Å²) >= 11 is 6.10. The first kappa shape index (κ1) is 23.1. The lowest BCUT2D eigenvalue weighted by Gasteiger charge is -2.14. The predicted octanol–water partition coefficient (Wildman–Crippen LogP) is 3.53. The smallest absolute Gasteiger partial charge is 0.269 e. The maximum atomic E-state index is 12.9. The fraction of sp³-hybridized carbons (Fsp3) is 0.0909. The summed E-state index contributed by atoms with van der Waals surface area (Å²) in [7, 11) is -2.73. The van der Waals surface area contributed by atoms with Crippen LogP contribution in [0.4, 0.5) is 5.69 Å². The van der Waals surface area contributed by atoms with Crippen LogP contribution in [-0.2, 0) is 10.0 Å². The number of hydrazine groups is 1. The van der Waals surface area contributed by atoms with E-state index in [-0.39, 0.29) is 21.2 Å². The standard InChI is InChI=1S/C22H20ClN3O5S/c1-14-7-3-4-8-16(14)22(28)25-24-21(27)15-11-12-17(23)20(13-15)32(29,30)26-18-9-5-6-10-19(18)31-2/h3-13,26H,1-2H3,(H,24,27)(H,25,28). The number of hydrogen-bond acceptors (Lipinski definition) is 5. The number of para-hydroxylation sites is 2. The van der Waals surface area contributed by atoms with Crippen LogP contribution in [0.25, 0.3) is 0 Å². The Morgan fingerprint density at radius 2 is 1.56 bits per heavy atom. The third-order valence-electron chi connectivity index (χ3n) is 4.51. The third-order valence-corrected chi connectivity index (χ3v) is 6.36. The number of sulfonamides is 1. The van der Waals surface area contributed by atoms with Gasteiger partial charge < -0.3 is 4.74 Å². The van der Waals surface area contributed by atoms with Crippen molar-refractivity contribution in [1.82, 2.24) is 10.9 Å². The molecule has 32 heavy (non-hydrogen) atoms. The Hall–Kier alpha value is -3.56. The monoisotopic (exact) mass is 473 g/mol. The van der Waals surface area contributed by atoms with Gasteiger partial charge in [0.05, 0.1) is 17.8 Å². The van der Waals surface area contributed by atoms with E-state index < -0.39 is 21.8 Å². The molecule has 0 spiro atoms. The van der Waals surface area contributed by atoms with Crippen LogP contribution in [0.15, 0.2) is 71.6 Å². The molecule has 3 aromatic carbocycles. The molecule has 0 radical (unpaired) electrons. The quantitative estimate of drug-likeness (QED) is 0.474. The molecule has 2 amide bonds. The van der Waals surface area contributed by atoms with Crippen molar-refractivity contribution in [2.75, 3.05) is 11.8 Å². The van der Waals surface area contributed by atoms with Gasteiger partial charge in [0.25, 0.3) is 21.8 Å². The molecule has 166 valence electrons.